The van der Waals surface area contributed by atoms with E-state index >= 15 is 0 Å². The van der Waals surface area contributed by atoms with Crippen molar-refractivity contribution in [3.05, 3.63) is 30.6 Å². The summed E-state index contributed by atoms with van der Waals surface area (Å²) in [6, 6.07) is 1.69. The van der Waals surface area contributed by atoms with Crippen LogP contribution in [0.2, 0.25) is 0 Å². The van der Waals surface area contributed by atoms with Gasteiger partial charge in [0.05, 0.1) is 0 Å². The maximum absolute atomic E-state index is 11.5. The van der Waals surface area contributed by atoms with Gasteiger partial charge in [0.15, 0.2) is 0 Å². The Hall–Kier alpha value is -1.71. The molecule has 76 valence electrons. The van der Waals surface area contributed by atoms with Gasteiger partial charge in [0.2, 0.25) is 0 Å². The topological polar surface area (TPSA) is 70.9 Å². The van der Waals surface area contributed by atoms with E-state index in [2.05, 4.69) is 16.9 Å². The Morgan fingerprint density at radius 1 is 1.86 bits per heavy atom. The maximum Gasteiger partial charge on any atom is 0.267 e. The van der Waals surface area contributed by atoms with Crippen molar-refractivity contribution in [2.75, 3.05) is 5.73 Å². The van der Waals surface area contributed by atoms with Gasteiger partial charge in [0.1, 0.15) is 5.69 Å². The number of carbonyl (C=O) groups is 1. The number of hydrogen-bond acceptors (Lipinski definition) is 2. The van der Waals surface area contributed by atoms with Gasteiger partial charge in [-0.1, -0.05) is 6.08 Å². The van der Waals surface area contributed by atoms with Gasteiger partial charge < -0.3 is 16.0 Å². The zero-order valence-corrected chi connectivity index (χ0v) is 8.21. The number of aromatic amines is 1. The quantitative estimate of drug-likeness (QED) is 0.630. The van der Waals surface area contributed by atoms with Crippen molar-refractivity contribution in [3.63, 3.8) is 0 Å². The first-order chi connectivity index (χ1) is 6.63. The molecule has 14 heavy (non-hydrogen) atoms. The van der Waals surface area contributed by atoms with E-state index in [1.165, 1.54) is 0 Å². The van der Waals surface area contributed by atoms with Crippen LogP contribution < -0.4 is 11.1 Å². The van der Waals surface area contributed by atoms with Gasteiger partial charge >= 0.3 is 0 Å². The lowest BCUT2D eigenvalue weighted by Crippen LogP contribution is -2.32. The summed E-state index contributed by atoms with van der Waals surface area (Å²) in [5, 5.41) is 2.81. The van der Waals surface area contributed by atoms with Crippen molar-refractivity contribution < 1.29 is 4.79 Å². The highest BCUT2D eigenvalue weighted by Gasteiger charge is 2.09. The lowest BCUT2D eigenvalue weighted by Gasteiger charge is -2.10. The predicted octanol–water partition coefficient (Wildman–Crippen LogP) is 1.29. The number of nitrogens with one attached hydrogen (secondary N) is 2. The van der Waals surface area contributed by atoms with Gasteiger partial charge in [-0.05, 0) is 19.4 Å². The number of H-pyrrole nitrogens is 1. The normalized spacial score (nSPS) is 12.1. The van der Waals surface area contributed by atoms with Gasteiger partial charge in [-0.2, -0.15) is 0 Å². The smallest absolute Gasteiger partial charge is 0.267 e. The Morgan fingerprint density at radius 3 is 3.07 bits per heavy atom. The second-order valence-electron chi connectivity index (χ2n) is 3.25. The van der Waals surface area contributed by atoms with E-state index in [4.69, 9.17) is 5.73 Å². The number of amides is 1. The first-order valence-electron chi connectivity index (χ1n) is 4.49. The van der Waals surface area contributed by atoms with Gasteiger partial charge in [0, 0.05) is 17.9 Å². The second-order valence-corrected chi connectivity index (χ2v) is 3.25. The number of hydrogen-bond donors (Lipinski definition) is 3. The molecule has 1 aromatic rings. The summed E-state index contributed by atoms with van der Waals surface area (Å²) < 4.78 is 0. The fourth-order valence-corrected chi connectivity index (χ4v) is 1.15. The van der Waals surface area contributed by atoms with E-state index in [0.29, 0.717) is 11.4 Å². The van der Waals surface area contributed by atoms with Crippen LogP contribution >= 0.6 is 0 Å². The number of nitrogen functional groups attached to an aromatic ring is 1. The van der Waals surface area contributed by atoms with Crippen molar-refractivity contribution in [2.45, 2.75) is 19.4 Å². The largest absolute Gasteiger partial charge is 0.397 e. The van der Waals surface area contributed by atoms with E-state index in [1.807, 2.05) is 6.92 Å². The number of carbonyl (C=O) groups excluding carboxylic acids is 1. The summed E-state index contributed by atoms with van der Waals surface area (Å²) in [4.78, 5) is 14.3. The van der Waals surface area contributed by atoms with Crippen LogP contribution in [0.1, 0.15) is 23.8 Å². The standard InChI is InChI=1S/C10H15N3O/c1-3-4-7(2)13-10(14)9-5-8(11)6-12-9/h3,5-7,12H,1,4,11H2,2H3,(H,13,14). The molecule has 0 aromatic carbocycles. The zero-order valence-electron chi connectivity index (χ0n) is 8.21. The molecule has 0 aliphatic carbocycles. The molecule has 0 saturated carbocycles. The minimum Gasteiger partial charge on any atom is -0.397 e. The molecular formula is C10H15N3O. The summed E-state index contributed by atoms with van der Waals surface area (Å²) in [6.45, 7) is 5.53. The second kappa shape index (κ2) is 4.50. The maximum atomic E-state index is 11.5. The van der Waals surface area contributed by atoms with Crippen LogP contribution in [0.4, 0.5) is 5.69 Å². The zero-order chi connectivity index (χ0) is 10.6. The molecule has 1 atom stereocenters. The van der Waals surface area contributed by atoms with Gasteiger partial charge in [0.25, 0.3) is 5.91 Å². The molecule has 4 heteroatoms. The molecule has 0 radical (unpaired) electrons. The Balaban J connectivity index is 2.54. The fraction of sp³-hybridized carbons (Fsp3) is 0.300. The Morgan fingerprint density at radius 2 is 2.57 bits per heavy atom. The van der Waals surface area contributed by atoms with Gasteiger partial charge in [-0.15, -0.1) is 6.58 Å². The van der Waals surface area contributed by atoms with E-state index in [-0.39, 0.29) is 11.9 Å². The third-order valence-electron chi connectivity index (χ3n) is 1.85. The fourth-order valence-electron chi connectivity index (χ4n) is 1.15. The van der Waals surface area contributed by atoms with Gasteiger partial charge in [-0.3, -0.25) is 4.79 Å². The third-order valence-corrected chi connectivity index (χ3v) is 1.85. The van der Waals surface area contributed by atoms with E-state index in [0.717, 1.165) is 6.42 Å². The van der Waals surface area contributed by atoms with Crippen LogP contribution in [0, 0.1) is 0 Å². The monoisotopic (exact) mass is 193 g/mol. The summed E-state index contributed by atoms with van der Waals surface area (Å²) in [5.41, 5.74) is 6.52. The lowest BCUT2D eigenvalue weighted by molar-refractivity contribution is 0.0936. The minimum absolute atomic E-state index is 0.0875. The average molecular weight is 193 g/mol. The summed E-state index contributed by atoms with van der Waals surface area (Å²) in [7, 11) is 0. The molecule has 1 amide bonds. The number of rotatable bonds is 4. The third kappa shape index (κ3) is 2.65. The Bertz CT molecular complexity index is 330. The summed E-state index contributed by atoms with van der Waals surface area (Å²) in [5.74, 6) is -0.143. The highest BCUT2D eigenvalue weighted by atomic mass is 16.1. The molecule has 0 fully saturated rings. The first kappa shape index (κ1) is 10.4. The highest BCUT2D eigenvalue weighted by Crippen LogP contribution is 2.04. The molecule has 4 nitrogen and oxygen atoms in total. The Labute approximate surface area is 83.2 Å². The molecule has 0 aliphatic rings. The molecule has 0 bridgehead atoms. The summed E-state index contributed by atoms with van der Waals surface area (Å²) in [6.07, 6.45) is 4.11. The molecular weight excluding hydrogens is 178 g/mol. The number of anilines is 1. The minimum atomic E-state index is -0.143. The van der Waals surface area contributed by atoms with Crippen molar-refractivity contribution >= 4 is 11.6 Å². The van der Waals surface area contributed by atoms with Gasteiger partial charge in [-0.25, -0.2) is 0 Å². The molecule has 0 saturated heterocycles. The highest BCUT2D eigenvalue weighted by molar-refractivity contribution is 5.93. The number of aromatic nitrogens is 1. The van der Waals surface area contributed by atoms with Crippen molar-refractivity contribution in [1.29, 1.82) is 0 Å². The van der Waals surface area contributed by atoms with Crippen molar-refractivity contribution in [1.82, 2.24) is 10.3 Å². The average Bonchev–Trinajstić information content (AvgIpc) is 2.52. The molecule has 1 aromatic heterocycles. The van der Waals surface area contributed by atoms with Crippen LogP contribution in [0.5, 0.6) is 0 Å². The van der Waals surface area contributed by atoms with E-state index < -0.39 is 0 Å². The van der Waals surface area contributed by atoms with E-state index in [9.17, 15) is 4.79 Å². The van der Waals surface area contributed by atoms with Crippen molar-refractivity contribution in [2.24, 2.45) is 0 Å². The lowest BCUT2D eigenvalue weighted by atomic mass is 10.2. The number of nitrogens with two attached hydrogens (primary N) is 1. The molecule has 1 unspecified atom stereocenters. The Kier molecular flexibility index (Phi) is 3.34. The molecule has 4 N–H and O–H groups in total. The van der Waals surface area contributed by atoms with Crippen LogP contribution in [-0.4, -0.2) is 16.9 Å². The van der Waals surface area contributed by atoms with E-state index in [1.54, 1.807) is 18.3 Å². The van der Waals surface area contributed by atoms with Crippen molar-refractivity contribution in [3.8, 4) is 0 Å². The van der Waals surface area contributed by atoms with Crippen LogP contribution in [0.25, 0.3) is 0 Å². The molecule has 0 aliphatic heterocycles. The molecule has 1 rings (SSSR count). The predicted molar refractivity (Wildman–Crippen MR) is 56.9 cm³/mol. The van der Waals surface area contributed by atoms with Crippen LogP contribution in [0.15, 0.2) is 24.9 Å². The van der Waals surface area contributed by atoms with Crippen LogP contribution in [0.3, 0.4) is 0 Å². The molecule has 0 spiro atoms. The summed E-state index contributed by atoms with van der Waals surface area (Å²) >= 11 is 0. The van der Waals surface area contributed by atoms with Crippen LogP contribution in [-0.2, 0) is 0 Å². The SMILES string of the molecule is C=CCC(C)NC(=O)c1cc(N)c[nH]1. The first-order valence-corrected chi connectivity index (χ1v) is 4.49. The molecule has 1 heterocycles.